The van der Waals surface area contributed by atoms with E-state index in [4.69, 9.17) is 15.8 Å². The van der Waals surface area contributed by atoms with Crippen molar-refractivity contribution in [3.05, 3.63) is 41.1 Å². The van der Waals surface area contributed by atoms with E-state index in [-0.39, 0.29) is 17.2 Å². The van der Waals surface area contributed by atoms with Crippen molar-refractivity contribution in [3.63, 3.8) is 0 Å². The standard InChI is InChI=1S/C17H15N5O/c18-10-14(11-19)16(12-20)21-15-5-3-13(4-6-15)9-17(23)22-7-1-2-8-22/h3-6,21H,1-2,7-9H2. The second kappa shape index (κ2) is 7.64. The lowest BCUT2D eigenvalue weighted by atomic mass is 10.1. The predicted octanol–water partition coefficient (Wildman–Crippen LogP) is 2.09. The average molecular weight is 305 g/mol. The highest BCUT2D eigenvalue weighted by Crippen LogP contribution is 2.15. The summed E-state index contributed by atoms with van der Waals surface area (Å²) in [6.45, 7) is 1.67. The van der Waals surface area contributed by atoms with Gasteiger partial charge in [-0.1, -0.05) is 12.1 Å². The number of nitrogens with zero attached hydrogens (tertiary/aromatic N) is 4. The number of likely N-dealkylation sites (tertiary alicyclic amines) is 1. The summed E-state index contributed by atoms with van der Waals surface area (Å²) >= 11 is 0. The average Bonchev–Trinajstić information content (AvgIpc) is 3.11. The van der Waals surface area contributed by atoms with Gasteiger partial charge in [0.1, 0.15) is 23.9 Å². The molecule has 0 unspecified atom stereocenters. The van der Waals surface area contributed by atoms with E-state index < -0.39 is 0 Å². The third-order valence-electron chi connectivity index (χ3n) is 3.62. The summed E-state index contributed by atoms with van der Waals surface area (Å²) in [5.41, 5.74) is 1.12. The maximum Gasteiger partial charge on any atom is 0.226 e. The molecule has 1 N–H and O–H groups in total. The molecule has 0 aliphatic carbocycles. The molecule has 1 fully saturated rings. The van der Waals surface area contributed by atoms with Crippen molar-refractivity contribution in [1.82, 2.24) is 4.90 Å². The van der Waals surface area contributed by atoms with Crippen molar-refractivity contribution in [2.45, 2.75) is 19.3 Å². The highest BCUT2D eigenvalue weighted by atomic mass is 16.2. The number of carbonyl (C=O) groups is 1. The summed E-state index contributed by atoms with van der Waals surface area (Å²) in [5.74, 6) is 0.122. The minimum absolute atomic E-state index is 0.0871. The number of hydrogen-bond acceptors (Lipinski definition) is 5. The van der Waals surface area contributed by atoms with Crippen LogP contribution in [0.25, 0.3) is 0 Å². The van der Waals surface area contributed by atoms with Gasteiger partial charge in [-0.05, 0) is 30.5 Å². The fourth-order valence-electron chi connectivity index (χ4n) is 2.39. The molecule has 1 heterocycles. The van der Waals surface area contributed by atoms with Crippen LogP contribution in [0.5, 0.6) is 0 Å². The topological polar surface area (TPSA) is 104 Å². The molecule has 1 aromatic rings. The molecule has 2 rings (SSSR count). The Kier molecular flexibility index (Phi) is 5.34. The highest BCUT2D eigenvalue weighted by molar-refractivity contribution is 5.79. The number of amides is 1. The minimum Gasteiger partial charge on any atom is -0.345 e. The molecule has 0 radical (unpaired) electrons. The molecule has 114 valence electrons. The van der Waals surface area contributed by atoms with Gasteiger partial charge in [0.25, 0.3) is 0 Å². The summed E-state index contributed by atoms with van der Waals surface area (Å²) in [4.78, 5) is 13.9. The largest absolute Gasteiger partial charge is 0.345 e. The first-order valence-corrected chi connectivity index (χ1v) is 7.26. The van der Waals surface area contributed by atoms with Gasteiger partial charge in [0, 0.05) is 18.8 Å². The van der Waals surface area contributed by atoms with Crippen molar-refractivity contribution < 1.29 is 4.79 Å². The fourth-order valence-corrected chi connectivity index (χ4v) is 2.39. The Morgan fingerprint density at radius 3 is 2.17 bits per heavy atom. The Hall–Kier alpha value is -3.30. The number of allylic oxidation sites excluding steroid dienone is 2. The van der Waals surface area contributed by atoms with Crippen molar-refractivity contribution in [2.75, 3.05) is 18.4 Å². The SMILES string of the molecule is N#CC(C#N)=C(C#N)Nc1ccc(CC(=O)N2CCCC2)cc1. The summed E-state index contributed by atoms with van der Waals surface area (Å²) < 4.78 is 0. The molecule has 1 aliphatic heterocycles. The maximum absolute atomic E-state index is 12.1. The molecule has 1 aromatic carbocycles. The van der Waals surface area contributed by atoms with Gasteiger partial charge < -0.3 is 10.2 Å². The summed E-state index contributed by atoms with van der Waals surface area (Å²) in [7, 11) is 0. The van der Waals surface area contributed by atoms with Gasteiger partial charge in [-0.15, -0.1) is 0 Å². The molecular weight excluding hydrogens is 290 g/mol. The monoisotopic (exact) mass is 305 g/mol. The van der Waals surface area contributed by atoms with Crippen molar-refractivity contribution in [1.29, 1.82) is 15.8 Å². The van der Waals surface area contributed by atoms with Gasteiger partial charge in [-0.3, -0.25) is 4.79 Å². The van der Waals surface area contributed by atoms with Crippen LogP contribution in [0.4, 0.5) is 5.69 Å². The number of anilines is 1. The second-order valence-corrected chi connectivity index (χ2v) is 5.17. The zero-order chi connectivity index (χ0) is 16.7. The van der Waals surface area contributed by atoms with Gasteiger partial charge in [-0.25, -0.2) is 0 Å². The van der Waals surface area contributed by atoms with Crippen LogP contribution in [0.2, 0.25) is 0 Å². The molecule has 1 amide bonds. The van der Waals surface area contributed by atoms with Crippen LogP contribution in [-0.4, -0.2) is 23.9 Å². The Bertz CT molecular complexity index is 721. The third-order valence-corrected chi connectivity index (χ3v) is 3.62. The first kappa shape index (κ1) is 16.1. The number of nitriles is 3. The Morgan fingerprint density at radius 2 is 1.65 bits per heavy atom. The second-order valence-electron chi connectivity index (χ2n) is 5.17. The van der Waals surface area contributed by atoms with E-state index in [1.807, 2.05) is 4.90 Å². The molecular formula is C17H15N5O. The van der Waals surface area contributed by atoms with Crippen molar-refractivity contribution in [3.8, 4) is 18.2 Å². The van der Waals surface area contributed by atoms with E-state index in [0.29, 0.717) is 12.1 Å². The smallest absolute Gasteiger partial charge is 0.226 e. The van der Waals surface area contributed by atoms with E-state index in [0.717, 1.165) is 31.5 Å². The van der Waals surface area contributed by atoms with Gasteiger partial charge in [0.05, 0.1) is 6.42 Å². The van der Waals surface area contributed by atoms with Crippen LogP contribution in [0.15, 0.2) is 35.5 Å². The lowest BCUT2D eigenvalue weighted by Crippen LogP contribution is -2.29. The van der Waals surface area contributed by atoms with Crippen molar-refractivity contribution in [2.24, 2.45) is 0 Å². The van der Waals surface area contributed by atoms with E-state index in [1.165, 1.54) is 0 Å². The zero-order valence-electron chi connectivity index (χ0n) is 12.5. The molecule has 6 heteroatoms. The third kappa shape index (κ3) is 4.09. The lowest BCUT2D eigenvalue weighted by molar-refractivity contribution is -0.129. The van der Waals surface area contributed by atoms with Crippen LogP contribution >= 0.6 is 0 Å². The van der Waals surface area contributed by atoms with Crippen LogP contribution in [0, 0.1) is 34.0 Å². The van der Waals surface area contributed by atoms with Gasteiger partial charge in [0.2, 0.25) is 5.91 Å². The number of carbonyl (C=O) groups excluding carboxylic acids is 1. The van der Waals surface area contributed by atoms with Crippen LogP contribution in [0.1, 0.15) is 18.4 Å². The Balaban J connectivity index is 2.04. The molecule has 0 spiro atoms. The number of benzene rings is 1. The molecule has 6 nitrogen and oxygen atoms in total. The summed E-state index contributed by atoms with van der Waals surface area (Å²) in [6, 6.07) is 12.2. The predicted molar refractivity (Wildman–Crippen MR) is 83.4 cm³/mol. The lowest BCUT2D eigenvalue weighted by Gasteiger charge is -2.15. The normalized spacial score (nSPS) is 12.7. The Labute approximate surface area is 134 Å². The molecule has 0 bridgehead atoms. The summed E-state index contributed by atoms with van der Waals surface area (Å²) in [6.07, 6.45) is 2.48. The first-order chi connectivity index (χ1) is 11.2. The van der Waals surface area contributed by atoms with Gasteiger partial charge in [-0.2, -0.15) is 15.8 Å². The number of nitrogens with one attached hydrogen (secondary N) is 1. The minimum atomic E-state index is -0.263. The molecule has 0 atom stereocenters. The fraction of sp³-hybridized carbons (Fsp3) is 0.294. The zero-order valence-corrected chi connectivity index (χ0v) is 12.5. The van der Waals surface area contributed by atoms with Crippen molar-refractivity contribution >= 4 is 11.6 Å². The first-order valence-electron chi connectivity index (χ1n) is 7.26. The molecule has 1 saturated heterocycles. The van der Waals surface area contributed by atoms with E-state index in [9.17, 15) is 4.79 Å². The molecule has 23 heavy (non-hydrogen) atoms. The maximum atomic E-state index is 12.1. The van der Waals surface area contributed by atoms with Crippen LogP contribution < -0.4 is 5.32 Å². The molecule has 0 aromatic heterocycles. The molecule has 0 saturated carbocycles. The van der Waals surface area contributed by atoms with Gasteiger partial charge in [0.15, 0.2) is 5.57 Å². The van der Waals surface area contributed by atoms with Crippen LogP contribution in [-0.2, 0) is 11.2 Å². The summed E-state index contributed by atoms with van der Waals surface area (Å²) in [5, 5.41) is 29.3. The number of hydrogen-bond donors (Lipinski definition) is 1. The van der Waals surface area contributed by atoms with E-state index >= 15 is 0 Å². The highest BCUT2D eigenvalue weighted by Gasteiger charge is 2.17. The van der Waals surface area contributed by atoms with Crippen LogP contribution in [0.3, 0.4) is 0 Å². The van der Waals surface area contributed by atoms with E-state index in [2.05, 4.69) is 5.32 Å². The Morgan fingerprint density at radius 1 is 1.04 bits per heavy atom. The quantitative estimate of drug-likeness (QED) is 0.858. The van der Waals surface area contributed by atoms with Gasteiger partial charge >= 0.3 is 0 Å². The molecule has 1 aliphatic rings. The van der Waals surface area contributed by atoms with E-state index in [1.54, 1.807) is 42.5 Å². The number of rotatable bonds is 4.